The predicted octanol–water partition coefficient (Wildman–Crippen LogP) is 6.40. The summed E-state index contributed by atoms with van der Waals surface area (Å²) in [6, 6.07) is 26.7. The summed E-state index contributed by atoms with van der Waals surface area (Å²) < 4.78 is 18.2. The van der Waals surface area contributed by atoms with Crippen LogP contribution < -0.4 is 13.6 Å². The van der Waals surface area contributed by atoms with Crippen molar-refractivity contribution in [2.24, 2.45) is 0 Å². The van der Waals surface area contributed by atoms with Crippen LogP contribution in [0, 0.1) is 0 Å². The van der Waals surface area contributed by atoms with Gasteiger partial charge in [0.2, 0.25) is 0 Å². The van der Waals surface area contributed by atoms with E-state index in [0.717, 1.165) is 18.4 Å². The summed E-state index contributed by atoms with van der Waals surface area (Å²) >= 11 is 5.74. The van der Waals surface area contributed by atoms with Gasteiger partial charge in [0.05, 0.1) is 0 Å². The van der Waals surface area contributed by atoms with Crippen molar-refractivity contribution in [2.45, 2.75) is 19.8 Å². The van der Waals surface area contributed by atoms with E-state index in [1.54, 1.807) is 0 Å². The highest BCUT2D eigenvalue weighted by molar-refractivity contribution is 8.08. The van der Waals surface area contributed by atoms with E-state index < -0.39 is 6.72 Å². The molecule has 0 aliphatic carbocycles. The average Bonchev–Trinajstić information content (AvgIpc) is 2.65. The molecule has 0 aliphatic rings. The summed E-state index contributed by atoms with van der Waals surface area (Å²) in [5.74, 6) is 1.96. The van der Waals surface area contributed by atoms with Gasteiger partial charge >= 0.3 is 6.72 Å². The lowest BCUT2D eigenvalue weighted by molar-refractivity contribution is 0.382. The highest BCUT2D eigenvalue weighted by Crippen LogP contribution is 2.50. The molecule has 0 unspecified atom stereocenters. The lowest BCUT2D eigenvalue weighted by Crippen LogP contribution is -2.08. The molecule has 0 spiro atoms. The summed E-state index contributed by atoms with van der Waals surface area (Å²) in [6.45, 7) is -0.970. The monoisotopic (exact) mass is 384 g/mol. The van der Waals surface area contributed by atoms with Crippen LogP contribution in [-0.2, 0) is 18.2 Å². The van der Waals surface area contributed by atoms with E-state index in [2.05, 4.69) is 6.92 Å². The van der Waals surface area contributed by atoms with Gasteiger partial charge in [0.25, 0.3) is 0 Å². The molecule has 0 radical (unpaired) electrons. The maximum Gasteiger partial charge on any atom is 0.490 e. The molecule has 0 fully saturated rings. The lowest BCUT2D eigenvalue weighted by atomic mass is 10.1. The molecule has 0 aliphatic heterocycles. The fourth-order valence-corrected chi connectivity index (χ4v) is 4.51. The second-order valence-corrected chi connectivity index (χ2v) is 8.49. The molecular formula is C21H21O3PS. The Labute approximate surface area is 159 Å². The number of benzene rings is 3. The van der Waals surface area contributed by atoms with Crippen LogP contribution in [0.1, 0.15) is 18.9 Å². The molecular weight excluding hydrogens is 363 g/mol. The van der Waals surface area contributed by atoms with Gasteiger partial charge in [-0.2, -0.15) is 0 Å². The van der Waals surface area contributed by atoms with Crippen molar-refractivity contribution in [3.63, 3.8) is 0 Å². The number of para-hydroxylation sites is 3. The molecule has 3 rings (SSSR count). The Morgan fingerprint density at radius 2 is 1.19 bits per heavy atom. The third kappa shape index (κ3) is 5.10. The van der Waals surface area contributed by atoms with Gasteiger partial charge in [-0.05, 0) is 42.3 Å². The van der Waals surface area contributed by atoms with Crippen LogP contribution in [0.4, 0.5) is 0 Å². The van der Waals surface area contributed by atoms with Gasteiger partial charge < -0.3 is 13.6 Å². The van der Waals surface area contributed by atoms with E-state index in [0.29, 0.717) is 17.2 Å². The first-order valence-electron chi connectivity index (χ1n) is 8.55. The zero-order chi connectivity index (χ0) is 18.2. The molecule has 0 saturated carbocycles. The van der Waals surface area contributed by atoms with Gasteiger partial charge in [0.15, 0.2) is 0 Å². The molecule has 5 heteroatoms. The highest BCUT2D eigenvalue weighted by Gasteiger charge is 2.27. The summed E-state index contributed by atoms with van der Waals surface area (Å²) in [5.41, 5.74) is 1.09. The molecule has 0 atom stereocenters. The Balaban J connectivity index is 1.91. The van der Waals surface area contributed by atoms with Crippen LogP contribution in [0.15, 0.2) is 84.9 Å². The number of hydrogen-bond acceptors (Lipinski definition) is 4. The fraction of sp³-hybridized carbons (Fsp3) is 0.143. The van der Waals surface area contributed by atoms with Crippen LogP contribution in [0.3, 0.4) is 0 Å². The van der Waals surface area contributed by atoms with Crippen molar-refractivity contribution in [2.75, 3.05) is 0 Å². The number of aryl methyl sites for hydroxylation is 1. The van der Waals surface area contributed by atoms with Gasteiger partial charge in [0, 0.05) is 11.8 Å². The quantitative estimate of drug-likeness (QED) is 0.420. The summed E-state index contributed by atoms with van der Waals surface area (Å²) in [7, 11) is 0. The van der Waals surface area contributed by atoms with Crippen LogP contribution in [0.5, 0.6) is 17.2 Å². The van der Waals surface area contributed by atoms with Crippen molar-refractivity contribution >= 4 is 18.5 Å². The lowest BCUT2D eigenvalue weighted by Gasteiger charge is -2.24. The minimum atomic E-state index is -3.10. The van der Waals surface area contributed by atoms with Gasteiger partial charge in [-0.25, -0.2) is 0 Å². The highest BCUT2D eigenvalue weighted by atomic mass is 32.5. The van der Waals surface area contributed by atoms with Gasteiger partial charge in [-0.3, -0.25) is 0 Å². The van der Waals surface area contributed by atoms with Crippen LogP contribution in [-0.4, -0.2) is 0 Å². The largest absolute Gasteiger partial charge is 0.490 e. The zero-order valence-corrected chi connectivity index (χ0v) is 16.3. The van der Waals surface area contributed by atoms with Crippen LogP contribution >= 0.6 is 6.72 Å². The topological polar surface area (TPSA) is 27.7 Å². The Kier molecular flexibility index (Phi) is 6.32. The first-order valence-corrected chi connectivity index (χ1v) is 11.1. The molecule has 0 N–H and O–H groups in total. The van der Waals surface area contributed by atoms with E-state index in [4.69, 9.17) is 25.4 Å². The molecule has 0 heterocycles. The van der Waals surface area contributed by atoms with Crippen LogP contribution in [0.25, 0.3) is 0 Å². The molecule has 0 saturated heterocycles. The van der Waals surface area contributed by atoms with E-state index >= 15 is 0 Å². The summed E-state index contributed by atoms with van der Waals surface area (Å²) in [4.78, 5) is 0. The smallest absolute Gasteiger partial charge is 0.407 e. The first kappa shape index (κ1) is 18.5. The molecule has 0 bridgehead atoms. The van der Waals surface area contributed by atoms with E-state index in [1.807, 2.05) is 84.9 Å². The Bertz CT molecular complexity index is 823. The van der Waals surface area contributed by atoms with Crippen LogP contribution in [0.2, 0.25) is 0 Å². The van der Waals surface area contributed by atoms with Gasteiger partial charge in [-0.1, -0.05) is 67.9 Å². The SMILES string of the molecule is CCCc1ccccc1OP(=S)(Oc1ccccc1)Oc1ccccc1. The molecule has 134 valence electrons. The Morgan fingerprint density at radius 1 is 0.692 bits per heavy atom. The molecule has 3 nitrogen and oxygen atoms in total. The Hall–Kier alpha value is -2.29. The fourth-order valence-electron chi connectivity index (χ4n) is 2.47. The van der Waals surface area contributed by atoms with Crippen molar-refractivity contribution in [3.8, 4) is 17.2 Å². The van der Waals surface area contributed by atoms with Gasteiger partial charge in [-0.15, -0.1) is 0 Å². The summed E-state index contributed by atoms with van der Waals surface area (Å²) in [6.07, 6.45) is 1.92. The predicted molar refractivity (Wildman–Crippen MR) is 109 cm³/mol. The first-order chi connectivity index (χ1) is 12.7. The number of hydrogen-bond donors (Lipinski definition) is 0. The molecule has 3 aromatic carbocycles. The summed E-state index contributed by atoms with van der Waals surface area (Å²) in [5, 5.41) is 0. The minimum Gasteiger partial charge on any atom is -0.407 e. The Morgan fingerprint density at radius 3 is 1.73 bits per heavy atom. The third-order valence-corrected chi connectivity index (χ3v) is 5.58. The molecule has 0 amide bonds. The average molecular weight is 384 g/mol. The second-order valence-electron chi connectivity index (χ2n) is 5.70. The zero-order valence-electron chi connectivity index (χ0n) is 14.6. The molecule has 0 aromatic heterocycles. The van der Waals surface area contributed by atoms with Crippen molar-refractivity contribution < 1.29 is 13.6 Å². The maximum absolute atomic E-state index is 6.18. The van der Waals surface area contributed by atoms with Crippen molar-refractivity contribution in [1.29, 1.82) is 0 Å². The van der Waals surface area contributed by atoms with E-state index in [9.17, 15) is 0 Å². The number of rotatable bonds is 8. The van der Waals surface area contributed by atoms with Crippen molar-refractivity contribution in [3.05, 3.63) is 90.5 Å². The molecule has 26 heavy (non-hydrogen) atoms. The molecule has 3 aromatic rings. The maximum atomic E-state index is 6.18. The van der Waals surface area contributed by atoms with Gasteiger partial charge in [0.1, 0.15) is 17.2 Å². The standard InChI is InChI=1S/C21H21O3PS/c1-2-11-18-12-9-10-17-21(18)24-25(26,22-19-13-5-3-6-14-19)23-20-15-7-4-8-16-20/h3-10,12-17H,2,11H2,1H3. The van der Waals surface area contributed by atoms with Crippen molar-refractivity contribution in [1.82, 2.24) is 0 Å². The minimum absolute atomic E-state index is 0.625. The normalized spacial score (nSPS) is 11.0. The van der Waals surface area contributed by atoms with E-state index in [1.165, 1.54) is 0 Å². The third-order valence-electron chi connectivity index (χ3n) is 3.62. The van der Waals surface area contributed by atoms with E-state index in [-0.39, 0.29) is 0 Å². The second kappa shape index (κ2) is 8.88.